The van der Waals surface area contributed by atoms with Crippen molar-refractivity contribution >= 4 is 0 Å². The number of hydrogen-bond donors (Lipinski definition) is 2. The molecule has 1 atom stereocenters. The van der Waals surface area contributed by atoms with E-state index in [-0.39, 0.29) is 11.1 Å². The molecule has 3 heteroatoms. The Balaban J connectivity index is 4.01. The van der Waals surface area contributed by atoms with Crippen molar-refractivity contribution in [1.82, 2.24) is 0 Å². The van der Waals surface area contributed by atoms with Crippen LogP contribution in [0.15, 0.2) is 0 Å². The minimum absolute atomic E-state index is 0.154. The summed E-state index contributed by atoms with van der Waals surface area (Å²) in [4.78, 5) is 0. The Bertz CT molecular complexity index is 236. The first-order valence-electron chi connectivity index (χ1n) is 6.97. The van der Waals surface area contributed by atoms with E-state index in [2.05, 4.69) is 39.9 Å². The molecule has 0 aromatic heterocycles. The van der Waals surface area contributed by atoms with E-state index in [1.807, 2.05) is 20.8 Å². The average Bonchev–Trinajstić information content (AvgIpc) is 2.06. The number of aliphatic hydroxyl groups excluding tert-OH is 1. The normalized spacial score (nSPS) is 15.8. The van der Waals surface area contributed by atoms with Gasteiger partial charge < -0.3 is 15.2 Å². The lowest BCUT2D eigenvalue weighted by atomic mass is 9.82. The smallest absolute Gasteiger partial charge is 0.126 e. The number of nitrogens with two attached hydrogens (primary N) is 1. The van der Waals surface area contributed by atoms with Crippen LogP contribution in [0.4, 0.5) is 0 Å². The van der Waals surface area contributed by atoms with E-state index < -0.39 is 6.10 Å². The number of rotatable bonds is 6. The van der Waals surface area contributed by atoms with Gasteiger partial charge in [0.25, 0.3) is 0 Å². The van der Waals surface area contributed by atoms with Crippen molar-refractivity contribution in [3.05, 3.63) is 0 Å². The molecule has 0 aromatic rings. The highest BCUT2D eigenvalue weighted by atomic mass is 16.5. The van der Waals surface area contributed by atoms with Crippen LogP contribution < -0.4 is 5.32 Å². The maximum atomic E-state index is 9.92. The number of quaternary nitrogens is 1. The van der Waals surface area contributed by atoms with Crippen molar-refractivity contribution in [2.45, 2.75) is 79.1 Å². The summed E-state index contributed by atoms with van der Waals surface area (Å²) in [6, 6.07) is 0. The molecule has 0 aliphatic rings. The molecule has 0 rings (SSSR count). The molecule has 0 unspecified atom stereocenters. The van der Waals surface area contributed by atoms with Crippen LogP contribution in [0.25, 0.3) is 0 Å². The Labute approximate surface area is 113 Å². The maximum Gasteiger partial charge on any atom is 0.126 e. The van der Waals surface area contributed by atoms with Crippen LogP contribution in [0, 0.1) is 5.41 Å². The predicted octanol–water partition coefficient (Wildman–Crippen LogP) is 1.94. The first-order chi connectivity index (χ1) is 7.81. The lowest BCUT2D eigenvalue weighted by Gasteiger charge is -2.31. The minimum Gasteiger partial charge on any atom is -0.385 e. The van der Waals surface area contributed by atoms with Crippen LogP contribution in [0.2, 0.25) is 0 Å². The molecule has 0 heterocycles. The third kappa shape index (κ3) is 11.0. The fraction of sp³-hybridized carbons (Fsp3) is 1.00. The van der Waals surface area contributed by atoms with Crippen molar-refractivity contribution in [2.75, 3.05) is 13.2 Å². The highest BCUT2D eigenvalue weighted by molar-refractivity contribution is 4.74. The Morgan fingerprint density at radius 1 is 1.00 bits per heavy atom. The molecule has 0 aliphatic carbocycles. The topological polar surface area (TPSA) is 46.1 Å². The highest BCUT2D eigenvalue weighted by Gasteiger charge is 2.29. The van der Waals surface area contributed by atoms with Gasteiger partial charge >= 0.3 is 0 Å². The summed E-state index contributed by atoms with van der Waals surface area (Å²) in [5.41, 5.74) is 0.287. The van der Waals surface area contributed by atoms with Gasteiger partial charge in [0.15, 0.2) is 0 Å². The van der Waals surface area contributed by atoms with Crippen molar-refractivity contribution in [1.29, 1.82) is 0 Å². The van der Waals surface area contributed by atoms with Gasteiger partial charge in [0.1, 0.15) is 12.6 Å². The van der Waals surface area contributed by atoms with Crippen molar-refractivity contribution in [2.24, 2.45) is 5.41 Å². The molecular formula is C15H34NO2+. The lowest BCUT2D eigenvalue weighted by Crippen LogP contribution is -2.97. The fourth-order valence-corrected chi connectivity index (χ4v) is 2.31. The van der Waals surface area contributed by atoms with E-state index in [1.165, 1.54) is 0 Å². The molecule has 0 aliphatic heterocycles. The van der Waals surface area contributed by atoms with Gasteiger partial charge in [-0.05, 0) is 40.0 Å². The average molecular weight is 260 g/mol. The summed E-state index contributed by atoms with van der Waals surface area (Å²) >= 11 is 0. The fourth-order valence-electron chi connectivity index (χ4n) is 2.31. The van der Waals surface area contributed by atoms with Gasteiger partial charge in [0.05, 0.1) is 17.7 Å². The first kappa shape index (κ1) is 17.9. The summed E-state index contributed by atoms with van der Waals surface area (Å²) in [7, 11) is 0. The molecule has 0 saturated carbocycles. The minimum atomic E-state index is -0.400. The first-order valence-corrected chi connectivity index (χ1v) is 6.97. The third-order valence-electron chi connectivity index (χ3n) is 2.64. The van der Waals surface area contributed by atoms with E-state index in [0.717, 1.165) is 6.42 Å². The van der Waals surface area contributed by atoms with Crippen molar-refractivity contribution in [3.8, 4) is 0 Å². The van der Waals surface area contributed by atoms with Gasteiger partial charge in [-0.1, -0.05) is 20.8 Å². The van der Waals surface area contributed by atoms with Gasteiger partial charge in [0.2, 0.25) is 0 Å². The van der Waals surface area contributed by atoms with Crippen molar-refractivity contribution in [3.63, 3.8) is 0 Å². The predicted molar refractivity (Wildman–Crippen MR) is 76.7 cm³/mol. The van der Waals surface area contributed by atoms with Gasteiger partial charge in [0, 0.05) is 6.42 Å². The second kappa shape index (κ2) is 6.36. The number of aliphatic hydroxyl groups is 1. The summed E-state index contributed by atoms with van der Waals surface area (Å²) in [5.74, 6) is 0. The van der Waals surface area contributed by atoms with Crippen LogP contribution in [0.1, 0.15) is 61.8 Å². The highest BCUT2D eigenvalue weighted by Crippen LogP contribution is 2.24. The van der Waals surface area contributed by atoms with Crippen LogP contribution in [-0.2, 0) is 4.74 Å². The standard InChI is InChI=1S/C15H33NO2/c1-13(2,3)11-15(7,8)16-9-12(17)10-18-14(4,5)6/h12,16-17H,9-11H2,1-8H3/p+1/t12-/m1/s1. The van der Waals surface area contributed by atoms with Gasteiger partial charge in [-0.15, -0.1) is 0 Å². The monoisotopic (exact) mass is 260 g/mol. The maximum absolute atomic E-state index is 9.92. The molecule has 0 fully saturated rings. The Morgan fingerprint density at radius 3 is 1.89 bits per heavy atom. The second-order valence-corrected chi connectivity index (χ2v) is 8.24. The Morgan fingerprint density at radius 2 is 1.50 bits per heavy atom. The van der Waals surface area contributed by atoms with Crippen LogP contribution >= 0.6 is 0 Å². The van der Waals surface area contributed by atoms with E-state index in [9.17, 15) is 5.11 Å². The van der Waals surface area contributed by atoms with E-state index in [0.29, 0.717) is 18.6 Å². The largest absolute Gasteiger partial charge is 0.385 e. The van der Waals surface area contributed by atoms with E-state index in [1.54, 1.807) is 0 Å². The van der Waals surface area contributed by atoms with Gasteiger partial charge in [-0.3, -0.25) is 0 Å². The van der Waals surface area contributed by atoms with Crippen LogP contribution in [-0.4, -0.2) is 35.5 Å². The molecule has 0 aromatic carbocycles. The summed E-state index contributed by atoms with van der Waals surface area (Å²) in [6.07, 6.45) is 0.718. The summed E-state index contributed by atoms with van der Waals surface area (Å²) in [5, 5.41) is 12.1. The van der Waals surface area contributed by atoms with Crippen molar-refractivity contribution < 1.29 is 15.2 Å². The third-order valence-corrected chi connectivity index (χ3v) is 2.64. The molecule has 3 nitrogen and oxygen atoms in total. The molecule has 0 amide bonds. The Kier molecular flexibility index (Phi) is 6.31. The second-order valence-electron chi connectivity index (χ2n) is 8.24. The molecule has 0 spiro atoms. The SMILES string of the molecule is CC(C)(C)CC(C)(C)[NH2+]C[C@@H](O)COC(C)(C)C. The summed E-state index contributed by atoms with van der Waals surface area (Å²) in [6.45, 7) is 18.3. The molecule has 0 bridgehead atoms. The van der Waals surface area contributed by atoms with Crippen LogP contribution in [0.5, 0.6) is 0 Å². The molecular weight excluding hydrogens is 226 g/mol. The molecule has 3 N–H and O–H groups in total. The van der Waals surface area contributed by atoms with E-state index in [4.69, 9.17) is 4.74 Å². The van der Waals surface area contributed by atoms with E-state index >= 15 is 0 Å². The van der Waals surface area contributed by atoms with Gasteiger partial charge in [-0.25, -0.2) is 0 Å². The lowest BCUT2D eigenvalue weighted by molar-refractivity contribution is -0.728. The molecule has 18 heavy (non-hydrogen) atoms. The molecule has 0 saturated heterocycles. The number of hydrogen-bond acceptors (Lipinski definition) is 2. The Hall–Kier alpha value is -0.120. The zero-order chi connectivity index (χ0) is 14.6. The number of ether oxygens (including phenoxy) is 1. The zero-order valence-electron chi connectivity index (χ0n) is 13.6. The van der Waals surface area contributed by atoms with Gasteiger partial charge in [-0.2, -0.15) is 0 Å². The van der Waals surface area contributed by atoms with Crippen LogP contribution in [0.3, 0.4) is 0 Å². The zero-order valence-corrected chi connectivity index (χ0v) is 13.6. The molecule has 0 radical (unpaired) electrons. The quantitative estimate of drug-likeness (QED) is 0.766. The molecule has 110 valence electrons. The summed E-state index contributed by atoms with van der Waals surface area (Å²) < 4.78 is 5.59.